The monoisotopic (exact) mass is 317 g/mol. The van der Waals surface area contributed by atoms with Gasteiger partial charge in [-0.2, -0.15) is 0 Å². The first-order valence-corrected chi connectivity index (χ1v) is 7.39. The molecule has 0 aliphatic heterocycles. The maximum absolute atomic E-state index is 11.9. The van der Waals surface area contributed by atoms with Gasteiger partial charge in [0.15, 0.2) is 0 Å². The quantitative estimate of drug-likeness (QED) is 0.658. The molecule has 0 unspecified atom stereocenters. The highest BCUT2D eigenvalue weighted by atomic mass is 35.5. The second-order valence-corrected chi connectivity index (χ2v) is 4.93. The fraction of sp³-hybridized carbons (Fsp3) is 0.176. The average Bonchev–Trinajstić information content (AvgIpc) is 2.59. The first kappa shape index (κ1) is 16.0. The summed E-state index contributed by atoms with van der Waals surface area (Å²) in [5.41, 5.74) is 0.997. The molecule has 0 spiro atoms. The van der Waals surface area contributed by atoms with Crippen LogP contribution in [0.1, 0.15) is 20.7 Å². The number of hydrogen-bond donors (Lipinski definition) is 1. The maximum atomic E-state index is 11.9. The van der Waals surface area contributed by atoms with Crippen LogP contribution in [0.25, 0.3) is 0 Å². The SMILES string of the molecule is O=C(NC[C@@H](CCl)OC(=O)c1ccccc1)c1ccccc1. The van der Waals surface area contributed by atoms with E-state index in [1.165, 1.54) is 0 Å². The summed E-state index contributed by atoms with van der Waals surface area (Å²) in [5.74, 6) is -0.583. The van der Waals surface area contributed by atoms with Crippen molar-refractivity contribution in [1.29, 1.82) is 0 Å². The third-order valence-electron chi connectivity index (χ3n) is 2.98. The summed E-state index contributed by atoms with van der Waals surface area (Å²) < 4.78 is 5.29. The van der Waals surface area contributed by atoms with Gasteiger partial charge in [-0.25, -0.2) is 4.79 Å². The van der Waals surface area contributed by atoms with Crippen LogP contribution in [0.3, 0.4) is 0 Å². The largest absolute Gasteiger partial charge is 0.456 e. The Labute approximate surface area is 134 Å². The van der Waals surface area contributed by atoms with E-state index >= 15 is 0 Å². The molecule has 0 aliphatic carbocycles. The van der Waals surface area contributed by atoms with Crippen molar-refractivity contribution in [2.45, 2.75) is 6.10 Å². The van der Waals surface area contributed by atoms with Crippen molar-refractivity contribution in [2.24, 2.45) is 0 Å². The predicted octanol–water partition coefficient (Wildman–Crippen LogP) is 2.88. The number of carbonyl (C=O) groups excluding carboxylic acids is 2. The summed E-state index contributed by atoms with van der Waals surface area (Å²) >= 11 is 5.80. The highest BCUT2D eigenvalue weighted by molar-refractivity contribution is 6.18. The number of amides is 1. The van der Waals surface area contributed by atoms with Crippen molar-refractivity contribution in [3.8, 4) is 0 Å². The van der Waals surface area contributed by atoms with Crippen LogP contribution in [0, 0.1) is 0 Å². The van der Waals surface area contributed by atoms with E-state index in [9.17, 15) is 9.59 Å². The maximum Gasteiger partial charge on any atom is 0.338 e. The lowest BCUT2D eigenvalue weighted by molar-refractivity contribution is 0.0344. The number of hydrogen-bond acceptors (Lipinski definition) is 3. The van der Waals surface area contributed by atoms with E-state index in [4.69, 9.17) is 16.3 Å². The van der Waals surface area contributed by atoms with Gasteiger partial charge in [0.25, 0.3) is 5.91 Å². The minimum atomic E-state index is -0.581. The predicted molar refractivity (Wildman–Crippen MR) is 85.1 cm³/mol. The van der Waals surface area contributed by atoms with Gasteiger partial charge in [-0.05, 0) is 24.3 Å². The Morgan fingerprint density at radius 3 is 2.05 bits per heavy atom. The third kappa shape index (κ3) is 4.60. The molecule has 5 heteroatoms. The molecule has 0 bridgehead atoms. The number of alkyl halides is 1. The molecule has 22 heavy (non-hydrogen) atoms. The van der Waals surface area contributed by atoms with Crippen molar-refractivity contribution in [3.05, 3.63) is 71.8 Å². The zero-order chi connectivity index (χ0) is 15.8. The number of rotatable bonds is 6. The molecular weight excluding hydrogens is 302 g/mol. The second kappa shape index (κ2) is 8.20. The van der Waals surface area contributed by atoms with Gasteiger partial charge >= 0.3 is 5.97 Å². The number of ether oxygens (including phenoxy) is 1. The normalized spacial score (nSPS) is 11.5. The van der Waals surface area contributed by atoms with Crippen LogP contribution in [0.2, 0.25) is 0 Å². The summed E-state index contributed by atoms with van der Waals surface area (Å²) in [4.78, 5) is 23.9. The molecule has 0 saturated carbocycles. The van der Waals surface area contributed by atoms with Gasteiger partial charge in [0, 0.05) is 5.56 Å². The molecule has 4 nitrogen and oxygen atoms in total. The summed E-state index contributed by atoms with van der Waals surface area (Å²) in [6.45, 7) is 0.163. The van der Waals surface area contributed by atoms with Crippen molar-refractivity contribution < 1.29 is 14.3 Å². The fourth-order valence-electron chi connectivity index (χ4n) is 1.82. The fourth-order valence-corrected chi connectivity index (χ4v) is 1.99. The molecule has 2 aromatic carbocycles. The van der Waals surface area contributed by atoms with Crippen LogP contribution in [0.5, 0.6) is 0 Å². The van der Waals surface area contributed by atoms with Gasteiger partial charge in [0.1, 0.15) is 6.10 Å². The zero-order valence-electron chi connectivity index (χ0n) is 11.9. The highest BCUT2D eigenvalue weighted by Gasteiger charge is 2.16. The molecule has 0 fully saturated rings. The molecule has 0 aromatic heterocycles. The molecule has 0 aliphatic rings. The number of esters is 1. The lowest BCUT2D eigenvalue weighted by Gasteiger charge is -2.16. The lowest BCUT2D eigenvalue weighted by atomic mass is 10.2. The molecule has 0 heterocycles. The Morgan fingerprint density at radius 1 is 0.955 bits per heavy atom. The molecule has 1 N–H and O–H groups in total. The molecular formula is C17H16ClNO3. The number of carbonyl (C=O) groups is 2. The van der Waals surface area contributed by atoms with Gasteiger partial charge in [0.2, 0.25) is 0 Å². The molecule has 114 valence electrons. The minimum Gasteiger partial charge on any atom is -0.456 e. The van der Waals surface area contributed by atoms with Gasteiger partial charge in [-0.15, -0.1) is 11.6 Å². The highest BCUT2D eigenvalue weighted by Crippen LogP contribution is 2.05. The van der Waals surface area contributed by atoms with Crippen LogP contribution >= 0.6 is 11.6 Å². The van der Waals surface area contributed by atoms with Crippen molar-refractivity contribution in [1.82, 2.24) is 5.32 Å². The van der Waals surface area contributed by atoms with Crippen LogP contribution < -0.4 is 5.32 Å². The van der Waals surface area contributed by atoms with Crippen molar-refractivity contribution >= 4 is 23.5 Å². The number of benzene rings is 2. The van der Waals surface area contributed by atoms with Crippen molar-refractivity contribution in [2.75, 3.05) is 12.4 Å². The Kier molecular flexibility index (Phi) is 5.98. The molecule has 0 radical (unpaired) electrons. The van der Waals surface area contributed by atoms with Gasteiger partial charge in [0.05, 0.1) is 18.0 Å². The van der Waals surface area contributed by atoms with E-state index in [2.05, 4.69) is 5.32 Å². The first-order valence-electron chi connectivity index (χ1n) is 6.86. The first-order chi connectivity index (χ1) is 10.7. The molecule has 2 rings (SSSR count). The van der Waals surface area contributed by atoms with E-state index in [1.54, 1.807) is 48.5 Å². The second-order valence-electron chi connectivity index (χ2n) is 4.62. The van der Waals surface area contributed by atoms with Crippen LogP contribution in [0.15, 0.2) is 60.7 Å². The van der Waals surface area contributed by atoms with E-state index in [0.29, 0.717) is 11.1 Å². The Balaban J connectivity index is 1.87. The van der Waals surface area contributed by atoms with E-state index < -0.39 is 12.1 Å². The number of nitrogens with one attached hydrogen (secondary N) is 1. The average molecular weight is 318 g/mol. The molecule has 1 atom stereocenters. The Morgan fingerprint density at radius 2 is 1.50 bits per heavy atom. The van der Waals surface area contributed by atoms with E-state index in [1.807, 2.05) is 12.1 Å². The molecule has 0 saturated heterocycles. The van der Waals surface area contributed by atoms with Crippen molar-refractivity contribution in [3.63, 3.8) is 0 Å². The van der Waals surface area contributed by atoms with Crippen LogP contribution in [0.4, 0.5) is 0 Å². The van der Waals surface area contributed by atoms with E-state index in [-0.39, 0.29) is 18.3 Å². The Hall–Kier alpha value is -2.33. The smallest absolute Gasteiger partial charge is 0.338 e. The lowest BCUT2D eigenvalue weighted by Crippen LogP contribution is -2.36. The van der Waals surface area contributed by atoms with Crippen LogP contribution in [-0.4, -0.2) is 30.4 Å². The third-order valence-corrected chi connectivity index (χ3v) is 3.33. The number of halogens is 1. The standard InChI is InChI=1S/C17H16ClNO3/c18-11-15(22-17(21)14-9-5-2-6-10-14)12-19-16(20)13-7-3-1-4-8-13/h1-10,15H,11-12H2,(H,19,20)/t15-/m1/s1. The minimum absolute atomic E-state index is 0.105. The van der Waals surface area contributed by atoms with Gasteiger partial charge in [-0.3, -0.25) is 4.79 Å². The molecule has 1 amide bonds. The summed E-state index contributed by atoms with van der Waals surface area (Å²) in [5, 5.41) is 2.71. The van der Waals surface area contributed by atoms with E-state index in [0.717, 1.165) is 0 Å². The zero-order valence-corrected chi connectivity index (χ0v) is 12.6. The summed E-state index contributed by atoms with van der Waals surface area (Å²) in [6, 6.07) is 17.5. The summed E-state index contributed by atoms with van der Waals surface area (Å²) in [6.07, 6.45) is -0.581. The van der Waals surface area contributed by atoms with Gasteiger partial charge < -0.3 is 10.1 Å². The topological polar surface area (TPSA) is 55.4 Å². The van der Waals surface area contributed by atoms with Crippen LogP contribution in [-0.2, 0) is 4.74 Å². The molecule has 2 aromatic rings. The summed E-state index contributed by atoms with van der Waals surface area (Å²) in [7, 11) is 0. The Bertz CT molecular complexity index is 616. The van der Waals surface area contributed by atoms with Gasteiger partial charge in [-0.1, -0.05) is 36.4 Å².